The minimum atomic E-state index is -0.763. The first-order valence-corrected chi connectivity index (χ1v) is 6.11. The fourth-order valence-electron chi connectivity index (χ4n) is 1.79. The topological polar surface area (TPSA) is 38.7 Å². The highest BCUT2D eigenvalue weighted by Crippen LogP contribution is 2.50. The summed E-state index contributed by atoms with van der Waals surface area (Å²) < 4.78 is 10.9. The minimum Gasteiger partial charge on any atom is -0.493 e. The molecule has 0 heterocycles. The highest BCUT2D eigenvalue weighted by atomic mass is 35.5. The molecule has 1 saturated carbocycles. The van der Waals surface area contributed by atoms with Crippen molar-refractivity contribution in [3.63, 3.8) is 0 Å². The molecule has 3 nitrogen and oxygen atoms in total. The molecule has 1 N–H and O–H groups in total. The lowest BCUT2D eigenvalue weighted by molar-refractivity contribution is 0.151. The van der Waals surface area contributed by atoms with Crippen LogP contribution in [0.1, 0.15) is 32.3 Å². The lowest BCUT2D eigenvalue weighted by Gasteiger charge is -2.17. The predicted octanol–water partition coefficient (Wildman–Crippen LogP) is 3.12. The molecule has 94 valence electrons. The van der Waals surface area contributed by atoms with Crippen molar-refractivity contribution in [3.8, 4) is 11.5 Å². The average molecular weight is 257 g/mol. The van der Waals surface area contributed by atoms with E-state index in [9.17, 15) is 5.11 Å². The van der Waals surface area contributed by atoms with Gasteiger partial charge in [-0.05, 0) is 32.8 Å². The molecule has 0 aliphatic heterocycles. The molecule has 0 radical (unpaired) electrons. The van der Waals surface area contributed by atoms with Crippen LogP contribution in [0.25, 0.3) is 0 Å². The maximum absolute atomic E-state index is 10.1. The molecule has 4 heteroatoms. The van der Waals surface area contributed by atoms with Crippen molar-refractivity contribution in [2.45, 2.75) is 38.4 Å². The smallest absolute Gasteiger partial charge is 0.163 e. The van der Waals surface area contributed by atoms with E-state index >= 15 is 0 Å². The Balaban J connectivity index is 2.39. The number of halogens is 1. The maximum atomic E-state index is 10.1. The summed E-state index contributed by atoms with van der Waals surface area (Å²) in [5.74, 6) is 1.22. The van der Waals surface area contributed by atoms with Gasteiger partial charge in [0.2, 0.25) is 0 Å². The number of hydrogen-bond acceptors (Lipinski definition) is 3. The number of aliphatic hydroxyl groups is 1. The van der Waals surface area contributed by atoms with E-state index in [4.69, 9.17) is 21.1 Å². The fourth-order valence-corrected chi connectivity index (χ4v) is 2.11. The van der Waals surface area contributed by atoms with E-state index in [2.05, 4.69) is 0 Å². The van der Waals surface area contributed by atoms with Gasteiger partial charge < -0.3 is 14.6 Å². The number of benzene rings is 1. The minimum absolute atomic E-state index is 0.0508. The van der Waals surface area contributed by atoms with E-state index in [-0.39, 0.29) is 6.10 Å². The molecule has 17 heavy (non-hydrogen) atoms. The van der Waals surface area contributed by atoms with Crippen molar-refractivity contribution in [1.29, 1.82) is 0 Å². The van der Waals surface area contributed by atoms with Crippen LogP contribution in [0, 0.1) is 0 Å². The Kier molecular flexibility index (Phi) is 3.23. The second kappa shape index (κ2) is 4.39. The highest BCUT2D eigenvalue weighted by Gasteiger charge is 2.44. The third-order valence-electron chi connectivity index (χ3n) is 2.84. The Morgan fingerprint density at radius 2 is 1.94 bits per heavy atom. The molecule has 2 rings (SSSR count). The number of ether oxygens (including phenoxy) is 2. The van der Waals surface area contributed by atoms with Crippen LogP contribution >= 0.6 is 11.6 Å². The second-order valence-corrected chi connectivity index (χ2v) is 5.09. The van der Waals surface area contributed by atoms with E-state index in [0.29, 0.717) is 16.5 Å². The lowest BCUT2D eigenvalue weighted by atomic mass is 10.1. The Hall–Kier alpha value is -0.930. The summed E-state index contributed by atoms with van der Waals surface area (Å²) in [6, 6.07) is 3.49. The highest BCUT2D eigenvalue weighted by molar-refractivity contribution is 6.31. The van der Waals surface area contributed by atoms with Gasteiger partial charge in [-0.3, -0.25) is 0 Å². The zero-order valence-corrected chi connectivity index (χ0v) is 11.0. The van der Waals surface area contributed by atoms with Gasteiger partial charge in [0.1, 0.15) is 0 Å². The van der Waals surface area contributed by atoms with E-state index in [0.717, 1.165) is 18.4 Å². The van der Waals surface area contributed by atoms with Gasteiger partial charge in [0, 0.05) is 11.6 Å². The second-order valence-electron chi connectivity index (χ2n) is 4.68. The van der Waals surface area contributed by atoms with Crippen LogP contribution in [0.4, 0.5) is 0 Å². The molecule has 0 unspecified atom stereocenters. The summed E-state index contributed by atoms with van der Waals surface area (Å²) in [6.45, 7) is 3.88. The molecule has 1 aliphatic rings. The average Bonchev–Trinajstić information content (AvgIpc) is 2.96. The number of hydrogen-bond donors (Lipinski definition) is 1. The molecular formula is C13H17ClO3. The van der Waals surface area contributed by atoms with Crippen LogP contribution in [-0.4, -0.2) is 18.3 Å². The Morgan fingerprint density at radius 3 is 2.41 bits per heavy atom. The summed E-state index contributed by atoms with van der Waals surface area (Å²) in [7, 11) is 1.58. The van der Waals surface area contributed by atoms with Gasteiger partial charge in [-0.1, -0.05) is 11.6 Å². The normalized spacial score (nSPS) is 17.1. The van der Waals surface area contributed by atoms with E-state index in [1.807, 2.05) is 13.8 Å². The molecule has 0 amide bonds. The van der Waals surface area contributed by atoms with Gasteiger partial charge in [0.15, 0.2) is 11.5 Å². The van der Waals surface area contributed by atoms with Gasteiger partial charge in [-0.25, -0.2) is 0 Å². The van der Waals surface area contributed by atoms with Crippen LogP contribution in [0.15, 0.2) is 12.1 Å². The Labute approximate surface area is 106 Å². The Morgan fingerprint density at radius 1 is 1.29 bits per heavy atom. The van der Waals surface area contributed by atoms with E-state index in [1.54, 1.807) is 19.2 Å². The fraction of sp³-hybridized carbons (Fsp3) is 0.538. The quantitative estimate of drug-likeness (QED) is 0.900. The van der Waals surface area contributed by atoms with Crippen LogP contribution in [-0.2, 0) is 5.60 Å². The van der Waals surface area contributed by atoms with Crippen molar-refractivity contribution in [3.05, 3.63) is 22.7 Å². The SMILES string of the molecule is COc1cc(C2(O)CC2)c(Cl)cc1OC(C)C. The van der Waals surface area contributed by atoms with Crippen molar-refractivity contribution in [2.75, 3.05) is 7.11 Å². The lowest BCUT2D eigenvalue weighted by Crippen LogP contribution is -2.09. The van der Waals surface area contributed by atoms with Gasteiger partial charge in [-0.2, -0.15) is 0 Å². The number of methoxy groups -OCH3 is 1. The van der Waals surface area contributed by atoms with Crippen molar-refractivity contribution >= 4 is 11.6 Å². The summed E-state index contributed by atoms with van der Waals surface area (Å²) in [6.07, 6.45) is 1.55. The molecule has 1 aromatic rings. The third kappa shape index (κ3) is 2.50. The first-order valence-electron chi connectivity index (χ1n) is 5.73. The van der Waals surface area contributed by atoms with E-state index in [1.165, 1.54) is 0 Å². The zero-order chi connectivity index (χ0) is 12.6. The zero-order valence-electron chi connectivity index (χ0n) is 10.3. The molecule has 0 spiro atoms. The van der Waals surface area contributed by atoms with Gasteiger partial charge in [0.25, 0.3) is 0 Å². The van der Waals surface area contributed by atoms with Crippen molar-refractivity contribution < 1.29 is 14.6 Å². The molecule has 0 atom stereocenters. The third-order valence-corrected chi connectivity index (χ3v) is 3.15. The molecule has 0 bridgehead atoms. The van der Waals surface area contributed by atoms with Gasteiger partial charge in [0.05, 0.1) is 23.8 Å². The molecule has 1 fully saturated rings. The summed E-state index contributed by atoms with van der Waals surface area (Å²) in [5, 5.41) is 10.6. The molecule has 1 aliphatic carbocycles. The summed E-state index contributed by atoms with van der Waals surface area (Å²) >= 11 is 6.17. The van der Waals surface area contributed by atoms with Crippen molar-refractivity contribution in [2.24, 2.45) is 0 Å². The molecule has 0 saturated heterocycles. The number of rotatable bonds is 4. The standard InChI is InChI=1S/C13H17ClO3/c1-8(2)17-12-7-10(14)9(6-11(12)16-3)13(15)4-5-13/h6-8,15H,4-5H2,1-3H3. The van der Waals surface area contributed by atoms with Crippen LogP contribution in [0.5, 0.6) is 11.5 Å². The van der Waals surface area contributed by atoms with Crippen molar-refractivity contribution in [1.82, 2.24) is 0 Å². The first-order chi connectivity index (χ1) is 7.96. The summed E-state index contributed by atoms with van der Waals surface area (Å²) in [4.78, 5) is 0. The molecule has 1 aromatic carbocycles. The van der Waals surface area contributed by atoms with E-state index < -0.39 is 5.60 Å². The molecule has 0 aromatic heterocycles. The monoisotopic (exact) mass is 256 g/mol. The largest absolute Gasteiger partial charge is 0.493 e. The van der Waals surface area contributed by atoms with Gasteiger partial charge in [-0.15, -0.1) is 0 Å². The Bertz CT molecular complexity index is 425. The first kappa shape index (κ1) is 12.5. The molecular weight excluding hydrogens is 240 g/mol. The van der Waals surface area contributed by atoms with Crippen LogP contribution < -0.4 is 9.47 Å². The maximum Gasteiger partial charge on any atom is 0.163 e. The van der Waals surface area contributed by atoms with Crippen LogP contribution in [0.3, 0.4) is 0 Å². The summed E-state index contributed by atoms with van der Waals surface area (Å²) in [5.41, 5.74) is -0.0344. The predicted molar refractivity (Wildman–Crippen MR) is 66.9 cm³/mol. The van der Waals surface area contributed by atoms with Crippen LogP contribution in [0.2, 0.25) is 5.02 Å². The van der Waals surface area contributed by atoms with Gasteiger partial charge >= 0.3 is 0 Å².